The molecule has 120 valence electrons. The second kappa shape index (κ2) is 5.45. The SMILES string of the molecule is CC(C)(C)C1CCc2c(sc3nc(-c4ccc(Br)cc4)cn23)C1. The first kappa shape index (κ1) is 15.4. The van der Waals surface area contributed by atoms with Crippen LogP contribution in [0.4, 0.5) is 0 Å². The van der Waals surface area contributed by atoms with Crippen LogP contribution in [0, 0.1) is 11.3 Å². The number of aromatic nitrogens is 2. The van der Waals surface area contributed by atoms with Gasteiger partial charge in [-0.25, -0.2) is 4.98 Å². The molecule has 0 amide bonds. The molecule has 1 aliphatic rings. The molecule has 2 aromatic heterocycles. The Balaban J connectivity index is 1.71. The maximum Gasteiger partial charge on any atom is 0.194 e. The molecule has 23 heavy (non-hydrogen) atoms. The molecular weight excluding hydrogens is 368 g/mol. The number of benzene rings is 1. The first-order chi connectivity index (χ1) is 10.9. The molecule has 0 fully saturated rings. The fourth-order valence-electron chi connectivity index (χ4n) is 3.49. The number of aryl methyl sites for hydroxylation is 1. The van der Waals surface area contributed by atoms with Gasteiger partial charge >= 0.3 is 0 Å². The van der Waals surface area contributed by atoms with Gasteiger partial charge in [0.15, 0.2) is 4.96 Å². The van der Waals surface area contributed by atoms with E-state index < -0.39 is 0 Å². The molecule has 0 aliphatic heterocycles. The van der Waals surface area contributed by atoms with Crippen molar-refractivity contribution in [2.75, 3.05) is 0 Å². The van der Waals surface area contributed by atoms with Gasteiger partial charge in [0, 0.05) is 26.8 Å². The summed E-state index contributed by atoms with van der Waals surface area (Å²) in [5, 5.41) is 0. The van der Waals surface area contributed by atoms with E-state index in [2.05, 4.69) is 71.6 Å². The van der Waals surface area contributed by atoms with Gasteiger partial charge in [-0.05, 0) is 42.7 Å². The topological polar surface area (TPSA) is 17.3 Å². The largest absolute Gasteiger partial charge is 0.294 e. The summed E-state index contributed by atoms with van der Waals surface area (Å²) >= 11 is 5.37. The van der Waals surface area contributed by atoms with Crippen LogP contribution in [-0.2, 0) is 12.8 Å². The highest BCUT2D eigenvalue weighted by Crippen LogP contribution is 2.40. The highest BCUT2D eigenvalue weighted by molar-refractivity contribution is 9.10. The van der Waals surface area contributed by atoms with Crippen molar-refractivity contribution in [1.29, 1.82) is 0 Å². The molecule has 4 rings (SSSR count). The second-order valence-corrected chi connectivity index (χ2v) is 9.54. The van der Waals surface area contributed by atoms with Crippen LogP contribution < -0.4 is 0 Å². The van der Waals surface area contributed by atoms with Gasteiger partial charge in [0.1, 0.15) is 0 Å². The predicted octanol–water partition coefficient (Wildman–Crippen LogP) is 5.98. The second-order valence-electron chi connectivity index (χ2n) is 7.56. The lowest BCUT2D eigenvalue weighted by Crippen LogP contribution is -2.26. The third kappa shape index (κ3) is 2.76. The first-order valence-electron chi connectivity index (χ1n) is 8.17. The van der Waals surface area contributed by atoms with E-state index in [0.717, 1.165) is 21.0 Å². The minimum atomic E-state index is 0.395. The molecule has 1 unspecified atom stereocenters. The summed E-state index contributed by atoms with van der Waals surface area (Å²) in [5.74, 6) is 0.782. The highest BCUT2D eigenvalue weighted by Gasteiger charge is 2.31. The van der Waals surface area contributed by atoms with E-state index in [-0.39, 0.29) is 0 Å². The molecule has 0 bridgehead atoms. The Morgan fingerprint density at radius 3 is 2.65 bits per heavy atom. The van der Waals surface area contributed by atoms with Gasteiger partial charge in [0.05, 0.1) is 5.69 Å². The fraction of sp³-hybridized carbons (Fsp3) is 0.421. The molecule has 0 saturated carbocycles. The molecule has 0 N–H and O–H groups in total. The van der Waals surface area contributed by atoms with E-state index in [0.29, 0.717) is 5.41 Å². The summed E-state index contributed by atoms with van der Waals surface area (Å²) in [6.07, 6.45) is 5.88. The molecule has 0 radical (unpaired) electrons. The van der Waals surface area contributed by atoms with Crippen LogP contribution in [-0.4, -0.2) is 9.38 Å². The van der Waals surface area contributed by atoms with Gasteiger partial charge in [-0.15, -0.1) is 11.3 Å². The highest BCUT2D eigenvalue weighted by atomic mass is 79.9. The van der Waals surface area contributed by atoms with Crippen LogP contribution in [0.3, 0.4) is 0 Å². The quantitative estimate of drug-likeness (QED) is 0.501. The van der Waals surface area contributed by atoms with Gasteiger partial charge in [0.25, 0.3) is 0 Å². The van der Waals surface area contributed by atoms with E-state index in [1.165, 1.54) is 30.5 Å². The lowest BCUT2D eigenvalue weighted by Gasteiger charge is -2.33. The van der Waals surface area contributed by atoms with Crippen LogP contribution in [0.15, 0.2) is 34.9 Å². The maximum absolute atomic E-state index is 4.87. The van der Waals surface area contributed by atoms with Crippen LogP contribution in [0.1, 0.15) is 37.8 Å². The molecular formula is C19H21BrN2S. The van der Waals surface area contributed by atoms with Crippen LogP contribution >= 0.6 is 27.3 Å². The summed E-state index contributed by atoms with van der Waals surface area (Å²) in [4.78, 5) is 7.55. The number of hydrogen-bond donors (Lipinski definition) is 0. The predicted molar refractivity (Wildman–Crippen MR) is 101 cm³/mol. The number of fused-ring (bicyclic) bond motifs is 3. The first-order valence-corrected chi connectivity index (χ1v) is 9.78. The van der Waals surface area contributed by atoms with Crippen LogP contribution in [0.25, 0.3) is 16.2 Å². The van der Waals surface area contributed by atoms with Gasteiger partial charge in [-0.2, -0.15) is 0 Å². The molecule has 1 atom stereocenters. The van der Waals surface area contributed by atoms with Crippen molar-refractivity contribution in [2.45, 2.75) is 40.0 Å². The number of hydrogen-bond acceptors (Lipinski definition) is 2. The zero-order valence-corrected chi connectivity index (χ0v) is 16.2. The standard InChI is InChI=1S/C19H21BrN2S/c1-19(2,3)13-6-9-16-17(10-13)23-18-21-15(11-22(16)18)12-4-7-14(20)8-5-12/h4-5,7-8,11,13H,6,9-10H2,1-3H3. The Hall–Kier alpha value is -1.13. The normalized spacial score (nSPS) is 18.3. The molecule has 1 aliphatic carbocycles. The molecule has 0 saturated heterocycles. The number of imidazole rings is 1. The zero-order chi connectivity index (χ0) is 16.2. The van der Waals surface area contributed by atoms with Gasteiger partial charge < -0.3 is 0 Å². The molecule has 1 aromatic carbocycles. The average molecular weight is 389 g/mol. The molecule has 3 aromatic rings. The maximum atomic E-state index is 4.87. The van der Waals surface area contributed by atoms with Gasteiger partial charge in [-0.3, -0.25) is 4.40 Å². The minimum Gasteiger partial charge on any atom is -0.294 e. The summed E-state index contributed by atoms with van der Waals surface area (Å²) < 4.78 is 3.43. The van der Waals surface area contributed by atoms with E-state index in [1.54, 1.807) is 4.88 Å². The number of thiazole rings is 1. The van der Waals surface area contributed by atoms with Crippen molar-refractivity contribution in [3.63, 3.8) is 0 Å². The Morgan fingerprint density at radius 1 is 1.22 bits per heavy atom. The van der Waals surface area contributed by atoms with Crippen molar-refractivity contribution in [3.05, 3.63) is 45.5 Å². The van der Waals surface area contributed by atoms with Crippen molar-refractivity contribution < 1.29 is 0 Å². The Kier molecular flexibility index (Phi) is 3.65. The lowest BCUT2D eigenvalue weighted by atomic mass is 9.73. The lowest BCUT2D eigenvalue weighted by molar-refractivity contribution is 0.216. The van der Waals surface area contributed by atoms with E-state index in [1.807, 2.05) is 11.3 Å². The van der Waals surface area contributed by atoms with Gasteiger partial charge in [-0.1, -0.05) is 48.8 Å². The Bertz CT molecular complexity index is 852. The summed E-state index contributed by atoms with van der Waals surface area (Å²) in [6, 6.07) is 8.40. The summed E-state index contributed by atoms with van der Waals surface area (Å²) in [7, 11) is 0. The molecule has 0 spiro atoms. The van der Waals surface area contributed by atoms with Crippen molar-refractivity contribution >= 4 is 32.2 Å². The number of rotatable bonds is 1. The van der Waals surface area contributed by atoms with Crippen molar-refractivity contribution in [2.24, 2.45) is 11.3 Å². The fourth-order valence-corrected chi connectivity index (χ4v) is 4.98. The van der Waals surface area contributed by atoms with E-state index in [9.17, 15) is 0 Å². The van der Waals surface area contributed by atoms with Crippen LogP contribution in [0.2, 0.25) is 0 Å². The summed E-state index contributed by atoms with van der Waals surface area (Å²) in [5.41, 5.74) is 4.14. The Labute approximate surface area is 149 Å². The number of nitrogens with zero attached hydrogens (tertiary/aromatic N) is 2. The molecule has 4 heteroatoms. The van der Waals surface area contributed by atoms with E-state index >= 15 is 0 Å². The van der Waals surface area contributed by atoms with Crippen LogP contribution in [0.5, 0.6) is 0 Å². The van der Waals surface area contributed by atoms with E-state index in [4.69, 9.17) is 4.98 Å². The van der Waals surface area contributed by atoms with Gasteiger partial charge in [0.2, 0.25) is 0 Å². The number of halogens is 1. The third-order valence-electron chi connectivity index (χ3n) is 5.03. The summed E-state index contributed by atoms with van der Waals surface area (Å²) in [6.45, 7) is 7.10. The minimum absolute atomic E-state index is 0.395. The van der Waals surface area contributed by atoms with Crippen molar-refractivity contribution in [1.82, 2.24) is 9.38 Å². The smallest absolute Gasteiger partial charge is 0.194 e. The van der Waals surface area contributed by atoms with Crippen molar-refractivity contribution in [3.8, 4) is 11.3 Å². The molecule has 2 nitrogen and oxygen atoms in total. The zero-order valence-electron chi connectivity index (χ0n) is 13.8. The average Bonchev–Trinajstić information content (AvgIpc) is 3.04. The third-order valence-corrected chi connectivity index (χ3v) is 6.67. The monoisotopic (exact) mass is 388 g/mol. The molecule has 2 heterocycles. The Morgan fingerprint density at radius 2 is 1.96 bits per heavy atom.